The van der Waals surface area contributed by atoms with E-state index in [2.05, 4.69) is 15.2 Å². The fourth-order valence-corrected chi connectivity index (χ4v) is 2.72. The highest BCUT2D eigenvalue weighted by Crippen LogP contribution is 2.24. The highest BCUT2D eigenvalue weighted by molar-refractivity contribution is 7.15. The van der Waals surface area contributed by atoms with Crippen molar-refractivity contribution in [3.8, 4) is 0 Å². The number of aromatic nitrogens is 1. The van der Waals surface area contributed by atoms with Gasteiger partial charge in [0.1, 0.15) is 0 Å². The first kappa shape index (κ1) is 9.93. The minimum atomic E-state index is 0.825. The predicted molar refractivity (Wildman–Crippen MR) is 61.1 cm³/mol. The summed E-state index contributed by atoms with van der Waals surface area (Å²) in [5, 5.41) is 4.51. The second kappa shape index (κ2) is 4.28. The van der Waals surface area contributed by atoms with E-state index < -0.39 is 0 Å². The molecule has 2 rings (SSSR count). The second-order valence-corrected chi connectivity index (χ2v) is 5.16. The summed E-state index contributed by atoms with van der Waals surface area (Å²) in [6.45, 7) is 2.36. The zero-order valence-electron chi connectivity index (χ0n) is 8.79. The van der Waals surface area contributed by atoms with Gasteiger partial charge >= 0.3 is 0 Å². The zero-order valence-corrected chi connectivity index (χ0v) is 9.60. The zero-order chi connectivity index (χ0) is 9.97. The predicted octanol–water partition coefficient (Wildman–Crippen LogP) is 1.36. The van der Waals surface area contributed by atoms with Gasteiger partial charge in [-0.1, -0.05) is 0 Å². The van der Waals surface area contributed by atoms with E-state index in [4.69, 9.17) is 0 Å². The molecule has 0 spiro atoms. The molecule has 2 heterocycles. The molecule has 1 aliphatic heterocycles. The molecular weight excluding hydrogens is 194 g/mol. The highest BCUT2D eigenvalue weighted by Gasteiger charge is 2.16. The molecule has 0 saturated carbocycles. The van der Waals surface area contributed by atoms with E-state index in [9.17, 15) is 0 Å². The summed E-state index contributed by atoms with van der Waals surface area (Å²) in [6, 6.07) is 0. The van der Waals surface area contributed by atoms with Crippen molar-refractivity contribution < 1.29 is 0 Å². The van der Waals surface area contributed by atoms with Crippen LogP contribution in [0.25, 0.3) is 0 Å². The van der Waals surface area contributed by atoms with E-state index in [1.54, 1.807) is 0 Å². The van der Waals surface area contributed by atoms with Crippen molar-refractivity contribution in [3.05, 3.63) is 11.1 Å². The summed E-state index contributed by atoms with van der Waals surface area (Å²) in [5.41, 5.74) is 0. The Hall–Kier alpha value is -0.610. The molecule has 1 atom stereocenters. The molecule has 1 unspecified atom stereocenters. The van der Waals surface area contributed by atoms with Crippen LogP contribution in [0.3, 0.4) is 0 Å². The standard InChI is InChI=1S/C10H17N3S/c1-13(2)10-12-7-9(14-10)5-8-3-4-11-6-8/h7-8,11H,3-6H2,1-2H3. The Morgan fingerprint density at radius 3 is 3.07 bits per heavy atom. The normalized spacial score (nSPS) is 21.4. The Labute approximate surface area is 89.1 Å². The molecule has 0 bridgehead atoms. The molecule has 0 radical (unpaired) electrons. The summed E-state index contributed by atoms with van der Waals surface area (Å²) in [4.78, 5) is 7.87. The molecular formula is C10H17N3S. The number of nitrogens with zero attached hydrogens (tertiary/aromatic N) is 2. The first-order valence-electron chi connectivity index (χ1n) is 5.08. The Balaban J connectivity index is 1.95. The number of rotatable bonds is 3. The van der Waals surface area contributed by atoms with Gasteiger partial charge in [0, 0.05) is 25.2 Å². The third-order valence-electron chi connectivity index (χ3n) is 2.58. The lowest BCUT2D eigenvalue weighted by molar-refractivity contribution is 0.585. The molecule has 1 fully saturated rings. The van der Waals surface area contributed by atoms with Crippen molar-refractivity contribution >= 4 is 16.5 Å². The number of hydrogen-bond acceptors (Lipinski definition) is 4. The van der Waals surface area contributed by atoms with Crippen LogP contribution in [0.4, 0.5) is 5.13 Å². The SMILES string of the molecule is CN(C)c1ncc(CC2CCNC2)s1. The molecule has 3 nitrogen and oxygen atoms in total. The van der Waals surface area contributed by atoms with Gasteiger partial charge in [-0.05, 0) is 31.8 Å². The Morgan fingerprint density at radius 2 is 2.50 bits per heavy atom. The Morgan fingerprint density at radius 1 is 1.64 bits per heavy atom. The molecule has 78 valence electrons. The third kappa shape index (κ3) is 2.25. The first-order chi connectivity index (χ1) is 6.75. The smallest absolute Gasteiger partial charge is 0.184 e. The molecule has 0 aliphatic carbocycles. The lowest BCUT2D eigenvalue weighted by Crippen LogP contribution is -2.10. The fraction of sp³-hybridized carbons (Fsp3) is 0.700. The minimum Gasteiger partial charge on any atom is -0.354 e. The van der Waals surface area contributed by atoms with Crippen LogP contribution in [0.5, 0.6) is 0 Å². The van der Waals surface area contributed by atoms with Crippen LogP contribution >= 0.6 is 11.3 Å². The number of nitrogens with one attached hydrogen (secondary N) is 1. The second-order valence-electron chi connectivity index (χ2n) is 4.07. The van der Waals surface area contributed by atoms with E-state index >= 15 is 0 Å². The van der Waals surface area contributed by atoms with Crippen LogP contribution in [0.2, 0.25) is 0 Å². The maximum Gasteiger partial charge on any atom is 0.184 e. The van der Waals surface area contributed by atoms with Crippen LogP contribution in [-0.4, -0.2) is 32.2 Å². The molecule has 0 aromatic carbocycles. The third-order valence-corrected chi connectivity index (χ3v) is 3.76. The largest absolute Gasteiger partial charge is 0.354 e. The Bertz CT molecular complexity index is 289. The fourth-order valence-electron chi connectivity index (χ4n) is 1.77. The molecule has 1 saturated heterocycles. The molecule has 1 N–H and O–H groups in total. The van der Waals surface area contributed by atoms with E-state index in [0.29, 0.717) is 0 Å². The Kier molecular flexibility index (Phi) is 3.03. The van der Waals surface area contributed by atoms with E-state index in [1.165, 1.54) is 30.8 Å². The van der Waals surface area contributed by atoms with Gasteiger partial charge < -0.3 is 10.2 Å². The summed E-state index contributed by atoms with van der Waals surface area (Å²) in [5.74, 6) is 0.825. The first-order valence-corrected chi connectivity index (χ1v) is 5.90. The van der Waals surface area contributed by atoms with Gasteiger partial charge in [0.15, 0.2) is 5.13 Å². The van der Waals surface area contributed by atoms with Crippen molar-refractivity contribution in [1.82, 2.24) is 10.3 Å². The molecule has 0 amide bonds. The van der Waals surface area contributed by atoms with Crippen molar-refractivity contribution in [2.75, 3.05) is 32.1 Å². The molecule has 14 heavy (non-hydrogen) atoms. The number of anilines is 1. The van der Waals surface area contributed by atoms with Gasteiger partial charge in [-0.25, -0.2) is 4.98 Å². The topological polar surface area (TPSA) is 28.2 Å². The quantitative estimate of drug-likeness (QED) is 0.818. The van der Waals surface area contributed by atoms with Gasteiger partial charge in [0.05, 0.1) is 0 Å². The van der Waals surface area contributed by atoms with Crippen molar-refractivity contribution in [3.63, 3.8) is 0 Å². The van der Waals surface area contributed by atoms with Gasteiger partial charge in [0.2, 0.25) is 0 Å². The molecule has 1 aliphatic rings. The van der Waals surface area contributed by atoms with Crippen LogP contribution in [0, 0.1) is 5.92 Å². The lowest BCUT2D eigenvalue weighted by atomic mass is 10.0. The lowest BCUT2D eigenvalue weighted by Gasteiger charge is -2.06. The van der Waals surface area contributed by atoms with Gasteiger partial charge in [-0.3, -0.25) is 0 Å². The summed E-state index contributed by atoms with van der Waals surface area (Å²) in [6.07, 6.45) is 4.53. The highest BCUT2D eigenvalue weighted by atomic mass is 32.1. The van der Waals surface area contributed by atoms with E-state index in [0.717, 1.165) is 11.0 Å². The van der Waals surface area contributed by atoms with Crippen LogP contribution in [0.15, 0.2) is 6.20 Å². The van der Waals surface area contributed by atoms with E-state index in [1.807, 2.05) is 31.6 Å². The monoisotopic (exact) mass is 211 g/mol. The molecule has 1 aromatic heterocycles. The summed E-state index contributed by atoms with van der Waals surface area (Å²) >= 11 is 1.81. The van der Waals surface area contributed by atoms with Gasteiger partial charge in [-0.15, -0.1) is 11.3 Å². The minimum absolute atomic E-state index is 0.825. The summed E-state index contributed by atoms with van der Waals surface area (Å²) in [7, 11) is 4.08. The van der Waals surface area contributed by atoms with Gasteiger partial charge in [-0.2, -0.15) is 0 Å². The maximum atomic E-state index is 4.38. The average Bonchev–Trinajstić information content (AvgIpc) is 2.75. The van der Waals surface area contributed by atoms with Crippen LogP contribution in [-0.2, 0) is 6.42 Å². The van der Waals surface area contributed by atoms with Crippen molar-refractivity contribution in [2.45, 2.75) is 12.8 Å². The molecule has 4 heteroatoms. The van der Waals surface area contributed by atoms with Crippen LogP contribution in [0.1, 0.15) is 11.3 Å². The van der Waals surface area contributed by atoms with E-state index in [-0.39, 0.29) is 0 Å². The maximum absolute atomic E-state index is 4.38. The number of thiazole rings is 1. The van der Waals surface area contributed by atoms with Crippen LogP contribution < -0.4 is 10.2 Å². The average molecular weight is 211 g/mol. The van der Waals surface area contributed by atoms with Crippen molar-refractivity contribution in [2.24, 2.45) is 5.92 Å². The van der Waals surface area contributed by atoms with Crippen molar-refractivity contribution in [1.29, 1.82) is 0 Å². The molecule has 1 aromatic rings. The van der Waals surface area contributed by atoms with Gasteiger partial charge in [0.25, 0.3) is 0 Å². The number of hydrogen-bond donors (Lipinski definition) is 1. The summed E-state index contributed by atoms with van der Waals surface area (Å²) < 4.78 is 0.